The van der Waals surface area contributed by atoms with E-state index < -0.39 is 0 Å². The van der Waals surface area contributed by atoms with Gasteiger partial charge in [-0.25, -0.2) is 0 Å². The van der Waals surface area contributed by atoms with Crippen LogP contribution in [0.3, 0.4) is 0 Å². The van der Waals surface area contributed by atoms with Gasteiger partial charge in [-0.3, -0.25) is 4.90 Å². The molecule has 1 aliphatic heterocycles. The van der Waals surface area contributed by atoms with E-state index in [0.29, 0.717) is 0 Å². The van der Waals surface area contributed by atoms with Crippen LogP contribution in [0.2, 0.25) is 0 Å². The maximum atomic E-state index is 3.50. The van der Waals surface area contributed by atoms with Gasteiger partial charge in [-0.05, 0) is 54.7 Å². The second kappa shape index (κ2) is 6.38. The van der Waals surface area contributed by atoms with E-state index in [1.54, 1.807) is 11.3 Å². The molecule has 0 aliphatic carbocycles. The number of likely N-dealkylation sites (N-methyl/N-ethyl adjacent to an activating group) is 1. The third-order valence-corrected chi connectivity index (χ3v) is 4.19. The van der Waals surface area contributed by atoms with Gasteiger partial charge in [0.2, 0.25) is 0 Å². The normalized spacial score (nSPS) is 21.5. The Balaban J connectivity index is 1.80. The minimum atomic E-state index is 0.761. The smallest absolute Gasteiger partial charge is 0.0221 e. The maximum Gasteiger partial charge on any atom is 0.0221 e. The molecule has 1 aromatic heterocycles. The highest BCUT2D eigenvalue weighted by Crippen LogP contribution is 2.12. The Morgan fingerprint density at radius 2 is 2.50 bits per heavy atom. The molecule has 0 amide bonds. The molecule has 2 nitrogen and oxygen atoms in total. The van der Waals surface area contributed by atoms with Crippen molar-refractivity contribution in [2.75, 3.05) is 26.2 Å². The number of hydrogen-bond donors (Lipinski definition) is 1. The highest BCUT2D eigenvalue weighted by molar-refractivity contribution is 7.07. The third kappa shape index (κ3) is 3.30. The number of thiophene rings is 1. The van der Waals surface area contributed by atoms with Crippen molar-refractivity contribution in [3.63, 3.8) is 0 Å². The molecule has 1 aromatic rings. The zero-order valence-corrected chi connectivity index (χ0v) is 10.9. The van der Waals surface area contributed by atoms with E-state index in [4.69, 9.17) is 0 Å². The Kier molecular flexibility index (Phi) is 4.82. The highest BCUT2D eigenvalue weighted by Gasteiger charge is 2.18. The molecule has 1 saturated heterocycles. The van der Waals surface area contributed by atoms with Crippen molar-refractivity contribution in [1.29, 1.82) is 0 Å². The standard InChI is InChI=1S/C13H22N2S/c1-2-15(13-4-3-7-14-10-13)8-5-12-6-9-16-11-12/h6,9,11,13-14H,2-5,7-8,10H2,1H3. The summed E-state index contributed by atoms with van der Waals surface area (Å²) in [5.41, 5.74) is 1.49. The first-order valence-electron chi connectivity index (χ1n) is 6.36. The van der Waals surface area contributed by atoms with Crippen molar-refractivity contribution in [3.8, 4) is 0 Å². The lowest BCUT2D eigenvalue weighted by molar-refractivity contribution is 0.176. The lowest BCUT2D eigenvalue weighted by Crippen LogP contribution is -2.46. The van der Waals surface area contributed by atoms with E-state index in [9.17, 15) is 0 Å². The van der Waals surface area contributed by atoms with E-state index in [1.807, 2.05) is 0 Å². The van der Waals surface area contributed by atoms with Crippen molar-refractivity contribution in [3.05, 3.63) is 22.4 Å². The number of hydrogen-bond acceptors (Lipinski definition) is 3. The van der Waals surface area contributed by atoms with E-state index in [1.165, 1.54) is 51.0 Å². The van der Waals surface area contributed by atoms with E-state index in [2.05, 4.69) is 34.0 Å². The van der Waals surface area contributed by atoms with Crippen LogP contribution in [0.5, 0.6) is 0 Å². The Morgan fingerprint density at radius 3 is 3.12 bits per heavy atom. The first kappa shape index (κ1) is 12.1. The van der Waals surface area contributed by atoms with Crippen molar-refractivity contribution < 1.29 is 0 Å². The molecule has 2 heterocycles. The van der Waals surface area contributed by atoms with Gasteiger partial charge in [0.05, 0.1) is 0 Å². The van der Waals surface area contributed by atoms with E-state index in [0.717, 1.165) is 6.04 Å². The monoisotopic (exact) mass is 238 g/mol. The largest absolute Gasteiger partial charge is 0.315 e. The Bertz CT molecular complexity index is 278. The van der Waals surface area contributed by atoms with Gasteiger partial charge in [-0.2, -0.15) is 11.3 Å². The molecule has 2 rings (SSSR count). The van der Waals surface area contributed by atoms with Crippen LogP contribution in [0.4, 0.5) is 0 Å². The van der Waals surface area contributed by atoms with Gasteiger partial charge >= 0.3 is 0 Å². The van der Waals surface area contributed by atoms with Crippen LogP contribution in [0.1, 0.15) is 25.3 Å². The molecule has 0 radical (unpaired) electrons. The number of nitrogens with one attached hydrogen (secondary N) is 1. The molecule has 1 N–H and O–H groups in total. The fourth-order valence-electron chi connectivity index (χ4n) is 2.45. The summed E-state index contributed by atoms with van der Waals surface area (Å²) in [5.74, 6) is 0. The van der Waals surface area contributed by atoms with Crippen LogP contribution in [-0.2, 0) is 6.42 Å². The van der Waals surface area contributed by atoms with Gasteiger partial charge in [0, 0.05) is 19.1 Å². The summed E-state index contributed by atoms with van der Waals surface area (Å²) in [6.45, 7) is 7.05. The SMILES string of the molecule is CCN(CCc1ccsc1)C1CCCNC1. The number of nitrogens with zero attached hydrogens (tertiary/aromatic N) is 1. The Morgan fingerprint density at radius 1 is 1.56 bits per heavy atom. The van der Waals surface area contributed by atoms with Crippen LogP contribution >= 0.6 is 11.3 Å². The molecule has 1 unspecified atom stereocenters. The van der Waals surface area contributed by atoms with Crippen molar-refractivity contribution >= 4 is 11.3 Å². The number of piperidine rings is 1. The van der Waals surface area contributed by atoms with E-state index >= 15 is 0 Å². The number of rotatable bonds is 5. The predicted octanol–water partition coefficient (Wildman–Crippen LogP) is 2.36. The topological polar surface area (TPSA) is 15.3 Å². The van der Waals surface area contributed by atoms with Crippen molar-refractivity contribution in [2.24, 2.45) is 0 Å². The molecular formula is C13H22N2S. The lowest BCUT2D eigenvalue weighted by atomic mass is 10.1. The summed E-state index contributed by atoms with van der Waals surface area (Å²) in [6.07, 6.45) is 3.90. The summed E-state index contributed by atoms with van der Waals surface area (Å²) >= 11 is 1.80. The first-order valence-corrected chi connectivity index (χ1v) is 7.30. The summed E-state index contributed by atoms with van der Waals surface area (Å²) in [7, 11) is 0. The fourth-order valence-corrected chi connectivity index (χ4v) is 3.15. The highest BCUT2D eigenvalue weighted by atomic mass is 32.1. The zero-order valence-electron chi connectivity index (χ0n) is 10.1. The van der Waals surface area contributed by atoms with Crippen LogP contribution in [-0.4, -0.2) is 37.1 Å². The third-order valence-electron chi connectivity index (χ3n) is 3.46. The van der Waals surface area contributed by atoms with Gasteiger partial charge < -0.3 is 5.32 Å². The summed E-state index contributed by atoms with van der Waals surface area (Å²) in [4.78, 5) is 2.63. The van der Waals surface area contributed by atoms with Crippen LogP contribution in [0.15, 0.2) is 16.8 Å². The minimum Gasteiger partial charge on any atom is -0.315 e. The van der Waals surface area contributed by atoms with Crippen molar-refractivity contribution in [2.45, 2.75) is 32.2 Å². The van der Waals surface area contributed by atoms with Crippen molar-refractivity contribution in [1.82, 2.24) is 10.2 Å². The average molecular weight is 238 g/mol. The second-order valence-corrected chi connectivity index (χ2v) is 5.29. The summed E-state index contributed by atoms with van der Waals surface area (Å²) in [6, 6.07) is 3.01. The van der Waals surface area contributed by atoms with Gasteiger partial charge in [-0.15, -0.1) is 0 Å². The van der Waals surface area contributed by atoms with Gasteiger partial charge in [0.25, 0.3) is 0 Å². The molecule has 16 heavy (non-hydrogen) atoms. The molecule has 0 spiro atoms. The van der Waals surface area contributed by atoms with Gasteiger partial charge in [0.1, 0.15) is 0 Å². The molecule has 1 aliphatic rings. The molecule has 90 valence electrons. The van der Waals surface area contributed by atoms with Gasteiger partial charge in [0.15, 0.2) is 0 Å². The summed E-state index contributed by atoms with van der Waals surface area (Å²) < 4.78 is 0. The maximum absolute atomic E-state index is 3.50. The summed E-state index contributed by atoms with van der Waals surface area (Å²) in [5, 5.41) is 7.95. The molecule has 1 atom stereocenters. The predicted molar refractivity (Wildman–Crippen MR) is 71.2 cm³/mol. The Labute approximate surface area is 103 Å². The molecule has 3 heteroatoms. The lowest BCUT2D eigenvalue weighted by Gasteiger charge is -2.33. The molecule has 1 fully saturated rings. The molecular weight excluding hydrogens is 216 g/mol. The van der Waals surface area contributed by atoms with Crippen LogP contribution in [0, 0.1) is 0 Å². The quantitative estimate of drug-likeness (QED) is 0.847. The second-order valence-electron chi connectivity index (χ2n) is 4.51. The first-order chi connectivity index (χ1) is 7.90. The average Bonchev–Trinajstić information content (AvgIpc) is 2.84. The molecule has 0 saturated carbocycles. The van der Waals surface area contributed by atoms with Gasteiger partial charge in [-0.1, -0.05) is 6.92 Å². The van der Waals surface area contributed by atoms with E-state index in [-0.39, 0.29) is 0 Å². The molecule has 0 bridgehead atoms. The zero-order chi connectivity index (χ0) is 11.2. The molecule has 0 aromatic carbocycles. The van der Waals surface area contributed by atoms with Crippen LogP contribution in [0.25, 0.3) is 0 Å². The van der Waals surface area contributed by atoms with Crippen LogP contribution < -0.4 is 5.32 Å². The Hall–Kier alpha value is -0.380. The fraction of sp³-hybridized carbons (Fsp3) is 0.692. The minimum absolute atomic E-state index is 0.761.